The molecule has 0 aliphatic carbocycles. The Balaban J connectivity index is 1.97. The van der Waals surface area contributed by atoms with Crippen LogP contribution in [0.3, 0.4) is 0 Å². The normalized spacial score (nSPS) is 11.5. The average Bonchev–Trinajstić information content (AvgIpc) is 2.85. The topological polar surface area (TPSA) is 28.1 Å². The number of aromatic nitrogens is 1. The standard InChI is InChI=1S/C15H10Cl2N2/c16-13-2-1-3-14(17)12(13)9-19-11-5-4-10-6-7-18-15(10)8-11/h1-9,18H. The molecule has 0 saturated heterocycles. The van der Waals surface area contributed by atoms with E-state index in [1.165, 1.54) is 0 Å². The maximum Gasteiger partial charge on any atom is 0.0651 e. The van der Waals surface area contributed by atoms with Crippen molar-refractivity contribution in [3.63, 3.8) is 0 Å². The molecule has 1 heterocycles. The van der Waals surface area contributed by atoms with E-state index in [0.717, 1.165) is 22.2 Å². The Hall–Kier alpha value is -1.77. The van der Waals surface area contributed by atoms with Gasteiger partial charge < -0.3 is 4.98 Å². The molecule has 19 heavy (non-hydrogen) atoms. The number of nitrogens with zero attached hydrogens (tertiary/aromatic N) is 1. The van der Waals surface area contributed by atoms with Crippen LogP contribution < -0.4 is 0 Å². The van der Waals surface area contributed by atoms with Gasteiger partial charge in [0.1, 0.15) is 0 Å². The lowest BCUT2D eigenvalue weighted by molar-refractivity contribution is 1.46. The molecule has 4 heteroatoms. The first-order valence-corrected chi connectivity index (χ1v) is 6.55. The minimum Gasteiger partial charge on any atom is -0.361 e. The van der Waals surface area contributed by atoms with E-state index in [9.17, 15) is 0 Å². The number of nitrogens with one attached hydrogen (secondary N) is 1. The zero-order valence-electron chi connectivity index (χ0n) is 9.90. The quantitative estimate of drug-likeness (QED) is 0.626. The summed E-state index contributed by atoms with van der Waals surface area (Å²) in [5, 5.41) is 2.35. The van der Waals surface area contributed by atoms with E-state index in [2.05, 4.69) is 9.98 Å². The van der Waals surface area contributed by atoms with Crippen LogP contribution in [0, 0.1) is 0 Å². The summed E-state index contributed by atoms with van der Waals surface area (Å²) >= 11 is 12.2. The summed E-state index contributed by atoms with van der Waals surface area (Å²) in [6, 6.07) is 13.4. The molecule has 2 nitrogen and oxygen atoms in total. The van der Waals surface area contributed by atoms with Crippen molar-refractivity contribution in [2.45, 2.75) is 0 Å². The second-order valence-corrected chi connectivity index (χ2v) is 4.96. The van der Waals surface area contributed by atoms with Crippen molar-refractivity contribution in [1.29, 1.82) is 0 Å². The van der Waals surface area contributed by atoms with Gasteiger partial charge in [-0.15, -0.1) is 0 Å². The van der Waals surface area contributed by atoms with Gasteiger partial charge in [-0.05, 0) is 35.7 Å². The summed E-state index contributed by atoms with van der Waals surface area (Å²) < 4.78 is 0. The van der Waals surface area contributed by atoms with Crippen LogP contribution in [0.25, 0.3) is 10.9 Å². The number of aliphatic imine (C=N–C) groups is 1. The van der Waals surface area contributed by atoms with E-state index in [0.29, 0.717) is 10.0 Å². The fourth-order valence-corrected chi connectivity index (χ4v) is 2.38. The molecule has 0 fully saturated rings. The lowest BCUT2D eigenvalue weighted by atomic mass is 10.2. The van der Waals surface area contributed by atoms with Gasteiger partial charge >= 0.3 is 0 Å². The van der Waals surface area contributed by atoms with Crippen molar-refractivity contribution in [3.8, 4) is 0 Å². The molecule has 94 valence electrons. The number of aromatic amines is 1. The third kappa shape index (κ3) is 2.50. The van der Waals surface area contributed by atoms with Crippen LogP contribution in [0.4, 0.5) is 5.69 Å². The van der Waals surface area contributed by atoms with Crippen molar-refractivity contribution in [2.75, 3.05) is 0 Å². The molecule has 0 aliphatic heterocycles. The SMILES string of the molecule is Clc1cccc(Cl)c1C=Nc1ccc2cc[nH]c2c1. The number of hydrogen-bond acceptors (Lipinski definition) is 1. The molecule has 3 rings (SSSR count). The van der Waals surface area contributed by atoms with E-state index in [1.807, 2.05) is 36.5 Å². The Morgan fingerprint density at radius 1 is 1.00 bits per heavy atom. The Kier molecular flexibility index (Phi) is 3.28. The highest BCUT2D eigenvalue weighted by atomic mass is 35.5. The first kappa shape index (κ1) is 12.3. The van der Waals surface area contributed by atoms with Crippen LogP contribution >= 0.6 is 23.2 Å². The second kappa shape index (κ2) is 5.08. The molecule has 0 amide bonds. The average molecular weight is 289 g/mol. The summed E-state index contributed by atoms with van der Waals surface area (Å²) in [6.45, 7) is 0. The van der Waals surface area contributed by atoms with Crippen molar-refractivity contribution < 1.29 is 0 Å². The van der Waals surface area contributed by atoms with Crippen LogP contribution in [0.5, 0.6) is 0 Å². The molecule has 0 saturated carbocycles. The van der Waals surface area contributed by atoms with Gasteiger partial charge in [0.05, 0.1) is 15.7 Å². The van der Waals surface area contributed by atoms with E-state index < -0.39 is 0 Å². The maximum atomic E-state index is 6.09. The Morgan fingerprint density at radius 2 is 1.79 bits per heavy atom. The van der Waals surface area contributed by atoms with Gasteiger partial charge in [-0.2, -0.15) is 0 Å². The predicted molar refractivity (Wildman–Crippen MR) is 82.0 cm³/mol. The van der Waals surface area contributed by atoms with Crippen LogP contribution in [0.15, 0.2) is 53.7 Å². The molecule has 3 aromatic rings. The molecule has 0 bridgehead atoms. The largest absolute Gasteiger partial charge is 0.361 e. The molecule has 0 spiro atoms. The second-order valence-electron chi connectivity index (χ2n) is 4.14. The highest BCUT2D eigenvalue weighted by Gasteiger charge is 2.02. The van der Waals surface area contributed by atoms with Crippen LogP contribution in [0.1, 0.15) is 5.56 Å². The number of rotatable bonds is 2. The maximum absolute atomic E-state index is 6.09. The van der Waals surface area contributed by atoms with Crippen molar-refractivity contribution in [1.82, 2.24) is 4.98 Å². The zero-order valence-corrected chi connectivity index (χ0v) is 11.4. The van der Waals surface area contributed by atoms with Crippen molar-refractivity contribution in [3.05, 3.63) is 64.3 Å². The van der Waals surface area contributed by atoms with E-state index in [1.54, 1.807) is 18.3 Å². The summed E-state index contributed by atoms with van der Waals surface area (Å²) in [7, 11) is 0. The summed E-state index contributed by atoms with van der Waals surface area (Å²) in [5.74, 6) is 0. The van der Waals surface area contributed by atoms with E-state index in [4.69, 9.17) is 23.2 Å². The molecule has 1 N–H and O–H groups in total. The minimum atomic E-state index is 0.595. The fraction of sp³-hybridized carbons (Fsp3) is 0. The van der Waals surface area contributed by atoms with Crippen LogP contribution in [-0.4, -0.2) is 11.2 Å². The van der Waals surface area contributed by atoms with E-state index >= 15 is 0 Å². The molecule has 0 aliphatic rings. The zero-order chi connectivity index (χ0) is 13.2. The van der Waals surface area contributed by atoms with Gasteiger partial charge in [0.25, 0.3) is 0 Å². The van der Waals surface area contributed by atoms with Crippen molar-refractivity contribution >= 4 is 46.0 Å². The highest BCUT2D eigenvalue weighted by molar-refractivity contribution is 6.38. The van der Waals surface area contributed by atoms with Crippen molar-refractivity contribution in [2.24, 2.45) is 4.99 Å². The first-order chi connectivity index (χ1) is 9.24. The number of benzene rings is 2. The number of fused-ring (bicyclic) bond motifs is 1. The predicted octanol–water partition coefficient (Wildman–Crippen LogP) is 5.23. The van der Waals surface area contributed by atoms with Crippen LogP contribution in [-0.2, 0) is 0 Å². The summed E-state index contributed by atoms with van der Waals surface area (Å²) in [4.78, 5) is 7.57. The number of halogens is 2. The fourth-order valence-electron chi connectivity index (χ4n) is 1.89. The first-order valence-electron chi connectivity index (χ1n) is 5.79. The Bertz CT molecular complexity index is 739. The number of H-pyrrole nitrogens is 1. The Morgan fingerprint density at radius 3 is 2.58 bits per heavy atom. The molecule has 2 aromatic carbocycles. The molecule has 0 radical (unpaired) electrons. The third-order valence-electron chi connectivity index (χ3n) is 2.88. The Labute approximate surface area is 120 Å². The molecule has 0 atom stereocenters. The highest BCUT2D eigenvalue weighted by Crippen LogP contribution is 2.24. The van der Waals surface area contributed by atoms with Gasteiger partial charge in [0.15, 0.2) is 0 Å². The third-order valence-corrected chi connectivity index (χ3v) is 3.54. The monoisotopic (exact) mass is 288 g/mol. The molecule has 1 aromatic heterocycles. The van der Waals surface area contributed by atoms with Gasteiger partial charge in [0.2, 0.25) is 0 Å². The van der Waals surface area contributed by atoms with Gasteiger partial charge in [-0.25, -0.2) is 0 Å². The van der Waals surface area contributed by atoms with Gasteiger partial charge in [-0.3, -0.25) is 4.99 Å². The summed E-state index contributed by atoms with van der Waals surface area (Å²) in [5.41, 5.74) is 2.64. The lowest BCUT2D eigenvalue weighted by Crippen LogP contribution is -1.84. The summed E-state index contributed by atoms with van der Waals surface area (Å²) in [6.07, 6.45) is 3.60. The molecule has 0 unspecified atom stereocenters. The van der Waals surface area contributed by atoms with Crippen LogP contribution in [0.2, 0.25) is 10.0 Å². The minimum absolute atomic E-state index is 0.595. The molecular weight excluding hydrogens is 279 g/mol. The lowest BCUT2D eigenvalue weighted by Gasteiger charge is -2.00. The number of hydrogen-bond donors (Lipinski definition) is 1. The smallest absolute Gasteiger partial charge is 0.0651 e. The van der Waals surface area contributed by atoms with Gasteiger partial charge in [0, 0.05) is 23.5 Å². The van der Waals surface area contributed by atoms with E-state index in [-0.39, 0.29) is 0 Å². The van der Waals surface area contributed by atoms with Gasteiger partial charge in [-0.1, -0.05) is 35.3 Å². The molecular formula is C15H10Cl2N2.